The number of hydrogen-bond donors (Lipinski definition) is 0. The fraction of sp³-hybridized carbons (Fsp3) is 0.250. The molecule has 0 unspecified atom stereocenters. The molecule has 0 aliphatic heterocycles. The molecule has 1 heterocycles. The molecule has 0 radical (unpaired) electrons. The van der Waals surface area contributed by atoms with Crippen molar-refractivity contribution in [2.45, 2.75) is 59.2 Å². The fourth-order valence-corrected chi connectivity index (χ4v) is 5.29. The molecule has 0 fully saturated rings. The molecule has 234 valence electrons. The van der Waals surface area contributed by atoms with Gasteiger partial charge in [0, 0.05) is 37.3 Å². The van der Waals surface area contributed by atoms with Gasteiger partial charge in [-0.15, -0.1) is 0 Å². The summed E-state index contributed by atoms with van der Waals surface area (Å²) in [5, 5.41) is 0. The number of aromatic nitrogens is 2. The van der Waals surface area contributed by atoms with Gasteiger partial charge in [-0.1, -0.05) is 98.3 Å². The minimum absolute atomic E-state index is 0.0893. The van der Waals surface area contributed by atoms with Gasteiger partial charge in [0.2, 0.25) is 0 Å². The summed E-state index contributed by atoms with van der Waals surface area (Å²) in [5.74, 6) is 1.07. The highest BCUT2D eigenvalue weighted by Crippen LogP contribution is 2.32. The van der Waals surface area contributed by atoms with E-state index in [1.165, 1.54) is 24.3 Å². The van der Waals surface area contributed by atoms with Gasteiger partial charge in [0.05, 0.1) is 11.4 Å². The first-order valence-electron chi connectivity index (χ1n) is 14.9. The van der Waals surface area contributed by atoms with Crippen LogP contribution in [0.3, 0.4) is 0 Å². The monoisotopic (exact) mass is 617 g/mol. The van der Waals surface area contributed by atoms with E-state index in [9.17, 15) is 17.6 Å². The largest absolute Gasteiger partial charge is 0.435 e. The Morgan fingerprint density at radius 3 is 1.60 bits per heavy atom. The summed E-state index contributed by atoms with van der Waals surface area (Å²) in [5.41, 5.74) is 5.76. The molecule has 0 saturated carbocycles. The maximum atomic E-state index is 12.8. The molecule has 0 amide bonds. The first-order valence-corrected chi connectivity index (χ1v) is 14.9. The number of unbranched alkanes of at least 4 members (excludes halogenated alkanes) is 1. The molecule has 5 aromatic rings. The van der Waals surface area contributed by atoms with Gasteiger partial charge in [-0.05, 0) is 41.8 Å². The minimum atomic E-state index is -2.90. The van der Waals surface area contributed by atoms with E-state index in [1.807, 2.05) is 36.4 Å². The van der Waals surface area contributed by atoms with Crippen LogP contribution in [0.5, 0.6) is 11.5 Å². The quantitative estimate of drug-likeness (QED) is 0.110. The number of ether oxygens (including phenoxy) is 2. The number of alkyl halides is 4. The number of imidazole rings is 1. The Kier molecular flexibility index (Phi) is 10.9. The summed E-state index contributed by atoms with van der Waals surface area (Å²) in [4.78, 5) is 7.44. The van der Waals surface area contributed by atoms with Gasteiger partial charge >= 0.3 is 13.2 Å². The number of hydrogen-bond acceptors (Lipinski definition) is 4. The van der Waals surface area contributed by atoms with Gasteiger partial charge in [-0.25, -0.2) is 4.98 Å². The van der Waals surface area contributed by atoms with E-state index in [-0.39, 0.29) is 11.5 Å². The maximum absolute atomic E-state index is 12.8. The Morgan fingerprint density at radius 1 is 0.644 bits per heavy atom. The van der Waals surface area contributed by atoms with Gasteiger partial charge in [-0.2, -0.15) is 17.6 Å². The zero-order valence-electron chi connectivity index (χ0n) is 25.0. The summed E-state index contributed by atoms with van der Waals surface area (Å²) in [6.07, 6.45) is 1.98. The first kappa shape index (κ1) is 31.8. The molecule has 0 N–H and O–H groups in total. The van der Waals surface area contributed by atoms with Gasteiger partial charge in [-0.3, -0.25) is 4.90 Å². The minimum Gasteiger partial charge on any atom is -0.435 e. The van der Waals surface area contributed by atoms with Crippen LogP contribution >= 0.6 is 0 Å². The molecule has 5 rings (SSSR count). The van der Waals surface area contributed by atoms with E-state index in [4.69, 9.17) is 4.98 Å². The lowest BCUT2D eigenvalue weighted by Crippen LogP contribution is -2.24. The Labute approximate surface area is 260 Å². The summed E-state index contributed by atoms with van der Waals surface area (Å²) < 4.78 is 62.4. The third-order valence-electron chi connectivity index (χ3n) is 7.37. The second kappa shape index (κ2) is 15.4. The van der Waals surface area contributed by atoms with Crippen molar-refractivity contribution in [1.82, 2.24) is 14.5 Å². The zero-order chi connectivity index (χ0) is 31.6. The van der Waals surface area contributed by atoms with Crippen molar-refractivity contribution in [1.29, 1.82) is 0 Å². The van der Waals surface area contributed by atoms with Gasteiger partial charge < -0.3 is 14.0 Å². The van der Waals surface area contributed by atoms with Crippen LogP contribution < -0.4 is 9.47 Å². The van der Waals surface area contributed by atoms with Crippen molar-refractivity contribution < 1.29 is 27.0 Å². The zero-order valence-corrected chi connectivity index (χ0v) is 25.0. The fourth-order valence-electron chi connectivity index (χ4n) is 5.29. The average Bonchev–Trinajstić information content (AvgIpc) is 3.40. The van der Waals surface area contributed by atoms with Crippen LogP contribution in [0, 0.1) is 0 Å². The van der Waals surface area contributed by atoms with Crippen LogP contribution in [0.15, 0.2) is 109 Å². The SMILES string of the molecule is CCCCn1c(-c2ccccc2)nc(-c2ccccc2)c1CN(Cc1ccc(OC(F)F)cc1)Cc1ccc(OC(F)F)cc1. The number of nitrogens with zero attached hydrogens (tertiary/aromatic N) is 3. The normalized spacial score (nSPS) is 11.5. The predicted molar refractivity (Wildman–Crippen MR) is 167 cm³/mol. The standard InChI is InChI=1S/C36H35F4N3O2/c1-2-3-22-43-32(33(28-10-6-4-7-11-28)41-34(43)29-12-8-5-9-13-29)25-42(23-26-14-18-30(19-15-26)44-35(37)38)24-27-16-20-31(21-17-27)45-36(39)40/h4-21,35-36H,2-3,22-25H2,1H3. The molecule has 5 nitrogen and oxygen atoms in total. The Hall–Kier alpha value is -4.63. The summed E-state index contributed by atoms with van der Waals surface area (Å²) in [6, 6.07) is 33.4. The van der Waals surface area contributed by atoms with Gasteiger partial charge in [0.15, 0.2) is 0 Å². The van der Waals surface area contributed by atoms with Crippen LogP contribution in [-0.4, -0.2) is 27.7 Å². The van der Waals surface area contributed by atoms with Crippen LogP contribution in [0.1, 0.15) is 36.6 Å². The highest BCUT2D eigenvalue weighted by Gasteiger charge is 2.22. The van der Waals surface area contributed by atoms with Gasteiger partial charge in [0.1, 0.15) is 17.3 Å². The number of rotatable bonds is 15. The van der Waals surface area contributed by atoms with Crippen LogP contribution in [0.4, 0.5) is 17.6 Å². The third-order valence-corrected chi connectivity index (χ3v) is 7.37. The maximum Gasteiger partial charge on any atom is 0.387 e. The van der Waals surface area contributed by atoms with E-state index in [0.29, 0.717) is 19.6 Å². The van der Waals surface area contributed by atoms with Crippen LogP contribution in [0.25, 0.3) is 22.6 Å². The molecular weight excluding hydrogens is 582 g/mol. The molecule has 0 aliphatic carbocycles. The van der Waals surface area contributed by atoms with Gasteiger partial charge in [0.25, 0.3) is 0 Å². The smallest absolute Gasteiger partial charge is 0.387 e. The topological polar surface area (TPSA) is 39.5 Å². The molecular formula is C36H35F4N3O2. The van der Waals surface area contributed by atoms with E-state index in [2.05, 4.69) is 50.1 Å². The Morgan fingerprint density at radius 2 is 1.13 bits per heavy atom. The Bertz CT molecular complexity index is 1560. The van der Waals surface area contributed by atoms with Crippen molar-refractivity contribution >= 4 is 0 Å². The molecule has 0 bridgehead atoms. The second-order valence-corrected chi connectivity index (χ2v) is 10.7. The summed E-state index contributed by atoms with van der Waals surface area (Å²) >= 11 is 0. The third kappa shape index (κ3) is 8.73. The van der Waals surface area contributed by atoms with Crippen LogP contribution in [-0.2, 0) is 26.2 Å². The number of halogens is 4. The van der Waals surface area contributed by atoms with Crippen molar-refractivity contribution in [3.8, 4) is 34.1 Å². The van der Waals surface area contributed by atoms with E-state index in [0.717, 1.165) is 58.9 Å². The molecule has 45 heavy (non-hydrogen) atoms. The molecule has 1 aromatic heterocycles. The lowest BCUT2D eigenvalue weighted by atomic mass is 10.1. The Balaban J connectivity index is 1.55. The van der Waals surface area contributed by atoms with Crippen molar-refractivity contribution in [2.75, 3.05) is 0 Å². The van der Waals surface area contributed by atoms with E-state index < -0.39 is 13.2 Å². The average molecular weight is 618 g/mol. The molecule has 0 atom stereocenters. The highest BCUT2D eigenvalue weighted by molar-refractivity contribution is 5.68. The highest BCUT2D eigenvalue weighted by atomic mass is 19.3. The first-order chi connectivity index (χ1) is 21.9. The lowest BCUT2D eigenvalue weighted by molar-refractivity contribution is -0.0505. The lowest BCUT2D eigenvalue weighted by Gasteiger charge is -2.25. The van der Waals surface area contributed by atoms with Crippen molar-refractivity contribution in [3.63, 3.8) is 0 Å². The molecule has 4 aromatic carbocycles. The molecule has 0 saturated heterocycles. The van der Waals surface area contributed by atoms with E-state index >= 15 is 0 Å². The molecule has 9 heteroatoms. The predicted octanol–water partition coefficient (Wildman–Crippen LogP) is 9.42. The molecule has 0 aliphatic rings. The summed E-state index contributed by atoms with van der Waals surface area (Å²) in [6.45, 7) is -1.38. The van der Waals surface area contributed by atoms with Crippen LogP contribution in [0.2, 0.25) is 0 Å². The van der Waals surface area contributed by atoms with E-state index in [1.54, 1.807) is 24.3 Å². The van der Waals surface area contributed by atoms with Crippen molar-refractivity contribution in [2.24, 2.45) is 0 Å². The number of benzene rings is 4. The summed E-state index contributed by atoms with van der Waals surface area (Å²) in [7, 11) is 0. The second-order valence-electron chi connectivity index (χ2n) is 10.7. The molecule has 0 spiro atoms. The van der Waals surface area contributed by atoms with Crippen molar-refractivity contribution in [3.05, 3.63) is 126 Å².